The Balaban J connectivity index is 1.71. The Morgan fingerprint density at radius 1 is 0.952 bits per heavy atom. The fraction of sp³-hybridized carbons (Fsp3) is 0.415. The van der Waals surface area contributed by atoms with Crippen LogP contribution in [0.4, 0.5) is 0 Å². The molecule has 2 aromatic carbocycles. The lowest BCUT2D eigenvalue weighted by molar-refractivity contribution is 0.413. The monoisotopic (exact) mass is 560 g/mol. The number of rotatable bonds is 13. The molecule has 0 aliphatic heterocycles. The van der Waals surface area contributed by atoms with Crippen LogP contribution in [0.1, 0.15) is 102 Å². The fourth-order valence-corrected chi connectivity index (χ4v) is 6.97. The highest BCUT2D eigenvalue weighted by molar-refractivity contribution is 5.72. The molecule has 2 aliphatic rings. The summed E-state index contributed by atoms with van der Waals surface area (Å²) in [6.45, 7) is 23.2. The molecule has 0 saturated heterocycles. The lowest BCUT2D eigenvalue weighted by Gasteiger charge is -2.34. The average Bonchev–Trinajstić information content (AvgIpc) is 3.39. The van der Waals surface area contributed by atoms with E-state index >= 15 is 0 Å². The van der Waals surface area contributed by atoms with Gasteiger partial charge in [-0.2, -0.15) is 0 Å². The van der Waals surface area contributed by atoms with Crippen molar-refractivity contribution in [3.05, 3.63) is 130 Å². The Hall–Kier alpha value is -3.32. The minimum absolute atomic E-state index is 0.314. The summed E-state index contributed by atoms with van der Waals surface area (Å²) in [6.07, 6.45) is 14.6. The summed E-state index contributed by atoms with van der Waals surface area (Å²) in [6, 6.07) is 15.3. The summed E-state index contributed by atoms with van der Waals surface area (Å²) < 4.78 is 5.62. The van der Waals surface area contributed by atoms with Crippen LogP contribution in [-0.2, 0) is 12.8 Å². The molecular formula is C41H52O. The molecule has 1 nitrogen and oxygen atoms in total. The Labute approximate surface area is 256 Å². The van der Waals surface area contributed by atoms with Crippen molar-refractivity contribution in [2.75, 3.05) is 7.11 Å². The molecule has 2 aliphatic carbocycles. The second-order valence-corrected chi connectivity index (χ2v) is 13.2. The van der Waals surface area contributed by atoms with E-state index in [1.54, 1.807) is 18.2 Å². The predicted octanol–water partition coefficient (Wildman–Crippen LogP) is 11.5. The van der Waals surface area contributed by atoms with Crippen LogP contribution in [0.25, 0.3) is 5.57 Å². The second kappa shape index (κ2) is 14.2. The highest BCUT2D eigenvalue weighted by Crippen LogP contribution is 2.48. The zero-order chi connectivity index (χ0) is 30.4. The van der Waals surface area contributed by atoms with Gasteiger partial charge in [0.15, 0.2) is 0 Å². The highest BCUT2D eigenvalue weighted by Gasteiger charge is 2.31. The highest BCUT2D eigenvalue weighted by atomic mass is 16.5. The zero-order valence-electron chi connectivity index (χ0n) is 27.3. The van der Waals surface area contributed by atoms with E-state index in [0.717, 1.165) is 49.0 Å². The van der Waals surface area contributed by atoms with Crippen molar-refractivity contribution in [1.29, 1.82) is 0 Å². The summed E-state index contributed by atoms with van der Waals surface area (Å²) >= 11 is 0. The molecule has 0 fully saturated rings. The van der Waals surface area contributed by atoms with Crippen molar-refractivity contribution in [2.45, 2.75) is 92.4 Å². The molecule has 0 aromatic heterocycles. The predicted molar refractivity (Wildman–Crippen MR) is 183 cm³/mol. The van der Waals surface area contributed by atoms with E-state index in [0.29, 0.717) is 17.8 Å². The molecule has 0 spiro atoms. The first-order valence-corrected chi connectivity index (χ1v) is 16.1. The van der Waals surface area contributed by atoms with Gasteiger partial charge in [0.1, 0.15) is 5.75 Å². The Bertz CT molecular complexity index is 1410. The third-order valence-corrected chi connectivity index (χ3v) is 8.72. The maximum atomic E-state index is 5.62. The topological polar surface area (TPSA) is 9.23 Å². The first-order valence-electron chi connectivity index (χ1n) is 16.1. The van der Waals surface area contributed by atoms with Crippen molar-refractivity contribution in [3.8, 4) is 5.75 Å². The number of benzene rings is 2. The third kappa shape index (κ3) is 7.17. The van der Waals surface area contributed by atoms with Gasteiger partial charge in [-0.1, -0.05) is 126 Å². The van der Waals surface area contributed by atoms with Gasteiger partial charge in [-0.25, -0.2) is 0 Å². The van der Waals surface area contributed by atoms with E-state index in [2.05, 4.69) is 103 Å². The normalized spacial score (nSPS) is 17.1. The summed E-state index contributed by atoms with van der Waals surface area (Å²) in [7, 11) is 1.73. The van der Waals surface area contributed by atoms with Crippen LogP contribution in [0.5, 0.6) is 5.75 Å². The van der Waals surface area contributed by atoms with Crippen LogP contribution >= 0.6 is 0 Å². The van der Waals surface area contributed by atoms with Crippen LogP contribution in [0, 0.1) is 11.8 Å². The summed E-state index contributed by atoms with van der Waals surface area (Å²) in [4.78, 5) is 0. The molecule has 4 rings (SSSR count). The molecule has 2 aromatic rings. The molecule has 0 radical (unpaired) electrons. The largest absolute Gasteiger partial charge is 0.496 e. The van der Waals surface area contributed by atoms with Gasteiger partial charge in [-0.05, 0) is 102 Å². The molecule has 0 N–H and O–H groups in total. The van der Waals surface area contributed by atoms with Gasteiger partial charge in [0.05, 0.1) is 7.11 Å². The maximum Gasteiger partial charge on any atom is 0.126 e. The quantitative estimate of drug-likeness (QED) is 0.237. The molecule has 0 bridgehead atoms. The van der Waals surface area contributed by atoms with Crippen molar-refractivity contribution in [2.24, 2.45) is 11.8 Å². The average molecular weight is 561 g/mol. The maximum absolute atomic E-state index is 5.62. The number of ether oxygens (including phenoxy) is 1. The van der Waals surface area contributed by atoms with E-state index in [1.165, 1.54) is 51.8 Å². The molecule has 1 unspecified atom stereocenters. The Kier molecular flexibility index (Phi) is 10.7. The number of methoxy groups -OCH3 is 1. The number of unbranched alkanes of at least 4 members (excludes halogenated alkanes) is 1. The van der Waals surface area contributed by atoms with Gasteiger partial charge in [0.25, 0.3) is 0 Å². The number of hydrogen-bond donors (Lipinski definition) is 0. The van der Waals surface area contributed by atoms with Gasteiger partial charge >= 0.3 is 0 Å². The van der Waals surface area contributed by atoms with Crippen LogP contribution < -0.4 is 4.74 Å². The first-order chi connectivity index (χ1) is 20.1. The molecule has 0 heterocycles. The molecule has 1 atom stereocenters. The summed E-state index contributed by atoms with van der Waals surface area (Å²) in [5.41, 5.74) is 15.1. The SMILES string of the molecule is C=C1C=C(CCCC)C(c2c(CC(C)C)cccc2CC(C)C)C(C)=C1C1=CC=C(CC(=C)c2ccccc2OC)C1. The van der Waals surface area contributed by atoms with Gasteiger partial charge in [0, 0.05) is 11.5 Å². The van der Waals surface area contributed by atoms with Crippen molar-refractivity contribution < 1.29 is 4.74 Å². The third-order valence-electron chi connectivity index (χ3n) is 8.72. The number of allylic oxidation sites excluding steroid dienone is 10. The Morgan fingerprint density at radius 3 is 2.24 bits per heavy atom. The molecule has 0 amide bonds. The minimum atomic E-state index is 0.314. The van der Waals surface area contributed by atoms with Gasteiger partial charge in [-0.3, -0.25) is 0 Å². The molecule has 1 heteroatoms. The molecule has 0 saturated carbocycles. The van der Waals surface area contributed by atoms with Crippen molar-refractivity contribution >= 4 is 5.57 Å². The van der Waals surface area contributed by atoms with Crippen molar-refractivity contribution in [3.63, 3.8) is 0 Å². The number of hydrogen-bond acceptors (Lipinski definition) is 1. The smallest absolute Gasteiger partial charge is 0.126 e. The molecular weight excluding hydrogens is 508 g/mol. The minimum Gasteiger partial charge on any atom is -0.496 e. The zero-order valence-corrected chi connectivity index (χ0v) is 27.3. The van der Waals surface area contributed by atoms with E-state index in [4.69, 9.17) is 4.74 Å². The first kappa shape index (κ1) is 31.6. The van der Waals surface area contributed by atoms with Crippen LogP contribution in [0.3, 0.4) is 0 Å². The van der Waals surface area contributed by atoms with Crippen LogP contribution in [-0.4, -0.2) is 7.11 Å². The second-order valence-electron chi connectivity index (χ2n) is 13.2. The molecule has 42 heavy (non-hydrogen) atoms. The van der Waals surface area contributed by atoms with E-state index in [-0.39, 0.29) is 0 Å². The van der Waals surface area contributed by atoms with Crippen LogP contribution in [0.2, 0.25) is 0 Å². The van der Waals surface area contributed by atoms with Gasteiger partial charge in [0.2, 0.25) is 0 Å². The van der Waals surface area contributed by atoms with E-state index in [9.17, 15) is 0 Å². The van der Waals surface area contributed by atoms with E-state index in [1.807, 2.05) is 12.1 Å². The molecule has 222 valence electrons. The van der Waals surface area contributed by atoms with Crippen molar-refractivity contribution in [1.82, 2.24) is 0 Å². The Morgan fingerprint density at radius 2 is 1.62 bits per heavy atom. The van der Waals surface area contributed by atoms with Gasteiger partial charge < -0.3 is 4.74 Å². The lowest BCUT2D eigenvalue weighted by atomic mass is 9.70. The number of para-hydroxylation sites is 1. The standard InChI is InChI=1S/C41H52O/c1-10-11-15-35-25-30(7)39(36-21-20-32(26-36)24-29(6)37-18-12-13-19-38(37)42-9)31(8)40(35)41-33(22-27(2)3)16-14-17-34(41)23-28(4)5/h12-14,16-21,25,27-28,40H,6-7,10-11,15,22-24,26H2,1-5,8-9H3. The van der Waals surface area contributed by atoms with Gasteiger partial charge in [-0.15, -0.1) is 0 Å². The summed E-state index contributed by atoms with van der Waals surface area (Å²) in [5, 5.41) is 0. The van der Waals surface area contributed by atoms with Crippen LogP contribution in [0.15, 0.2) is 107 Å². The van der Waals surface area contributed by atoms with E-state index < -0.39 is 0 Å². The fourth-order valence-electron chi connectivity index (χ4n) is 6.97. The summed E-state index contributed by atoms with van der Waals surface area (Å²) in [5.74, 6) is 2.43. The lowest BCUT2D eigenvalue weighted by Crippen LogP contribution is -2.18.